The average molecular weight is 443 g/mol. The zero-order chi connectivity index (χ0) is 23.4. The van der Waals surface area contributed by atoms with Gasteiger partial charge in [0.15, 0.2) is 0 Å². The van der Waals surface area contributed by atoms with Crippen LogP contribution in [0.1, 0.15) is 13.8 Å². The molecule has 0 radical (unpaired) electrons. The van der Waals surface area contributed by atoms with Crippen LogP contribution in [-0.4, -0.2) is 56.4 Å². The number of anilines is 2. The third-order valence-corrected chi connectivity index (χ3v) is 5.08. The number of benzene rings is 1. The molecule has 1 saturated heterocycles. The first kappa shape index (κ1) is 23.0. The SMILES string of the molecule is COC(=O)C1=C(C(=O)OC)N(c2ccc(N3CC(C)OC(C)C3)c([N+](=O)[O-])c2)C=CC=C1. The fourth-order valence-electron chi connectivity index (χ4n) is 3.82. The minimum Gasteiger partial charge on any atom is -0.465 e. The third kappa shape index (κ3) is 4.65. The summed E-state index contributed by atoms with van der Waals surface area (Å²) in [6.07, 6.45) is 5.96. The number of carbonyl (C=O) groups is 2. The van der Waals surface area contributed by atoms with E-state index in [1.165, 1.54) is 37.5 Å². The maximum atomic E-state index is 12.6. The highest BCUT2D eigenvalue weighted by Gasteiger charge is 2.31. The van der Waals surface area contributed by atoms with E-state index >= 15 is 0 Å². The van der Waals surface area contributed by atoms with Gasteiger partial charge in [-0.25, -0.2) is 9.59 Å². The lowest BCUT2D eigenvalue weighted by molar-refractivity contribution is -0.384. The van der Waals surface area contributed by atoms with Gasteiger partial charge in [0.1, 0.15) is 11.4 Å². The second-order valence-electron chi connectivity index (χ2n) is 7.41. The van der Waals surface area contributed by atoms with Crippen LogP contribution in [0.5, 0.6) is 0 Å². The van der Waals surface area contributed by atoms with E-state index in [1.54, 1.807) is 24.3 Å². The van der Waals surface area contributed by atoms with Gasteiger partial charge in [-0.2, -0.15) is 0 Å². The molecule has 0 spiro atoms. The maximum Gasteiger partial charge on any atom is 0.355 e. The van der Waals surface area contributed by atoms with Crippen LogP contribution in [-0.2, 0) is 23.8 Å². The lowest BCUT2D eigenvalue weighted by Crippen LogP contribution is -2.45. The first-order valence-corrected chi connectivity index (χ1v) is 10.0. The van der Waals surface area contributed by atoms with E-state index in [2.05, 4.69) is 0 Å². The Morgan fingerprint density at radius 2 is 1.75 bits per heavy atom. The van der Waals surface area contributed by atoms with Gasteiger partial charge in [-0.05, 0) is 38.1 Å². The molecule has 0 aromatic heterocycles. The van der Waals surface area contributed by atoms with Crippen molar-refractivity contribution >= 4 is 29.0 Å². The van der Waals surface area contributed by atoms with E-state index in [0.29, 0.717) is 24.5 Å². The number of nitro groups is 1. The Balaban J connectivity index is 2.11. The molecule has 32 heavy (non-hydrogen) atoms. The van der Waals surface area contributed by atoms with E-state index in [4.69, 9.17) is 14.2 Å². The molecule has 2 unspecified atom stereocenters. The molecule has 0 saturated carbocycles. The molecule has 0 aliphatic carbocycles. The number of carbonyl (C=O) groups excluding carboxylic acids is 2. The molecule has 1 aromatic rings. The number of allylic oxidation sites excluding steroid dienone is 2. The second-order valence-corrected chi connectivity index (χ2v) is 7.41. The monoisotopic (exact) mass is 443 g/mol. The zero-order valence-electron chi connectivity index (χ0n) is 18.3. The third-order valence-electron chi connectivity index (χ3n) is 5.08. The molecule has 1 fully saturated rings. The fraction of sp³-hybridized carbons (Fsp3) is 0.364. The predicted octanol–water partition coefficient (Wildman–Crippen LogP) is 2.70. The van der Waals surface area contributed by atoms with Crippen LogP contribution in [0.15, 0.2) is 53.9 Å². The molecule has 2 aliphatic heterocycles. The molecule has 2 atom stereocenters. The molecule has 0 bridgehead atoms. The van der Waals surface area contributed by atoms with Crippen molar-refractivity contribution in [1.29, 1.82) is 0 Å². The Morgan fingerprint density at radius 1 is 1.09 bits per heavy atom. The van der Waals surface area contributed by atoms with Crippen LogP contribution < -0.4 is 9.80 Å². The fourth-order valence-corrected chi connectivity index (χ4v) is 3.82. The Kier molecular flexibility index (Phi) is 6.94. The van der Waals surface area contributed by atoms with E-state index < -0.39 is 16.9 Å². The molecule has 10 heteroatoms. The molecule has 2 aliphatic rings. The van der Waals surface area contributed by atoms with Crippen molar-refractivity contribution in [2.45, 2.75) is 26.1 Å². The van der Waals surface area contributed by atoms with E-state index in [0.717, 1.165) is 0 Å². The van der Waals surface area contributed by atoms with Crippen molar-refractivity contribution in [3.8, 4) is 0 Å². The number of esters is 2. The Morgan fingerprint density at radius 3 is 2.34 bits per heavy atom. The highest BCUT2D eigenvalue weighted by Crippen LogP contribution is 2.36. The van der Waals surface area contributed by atoms with Crippen LogP contribution in [0.4, 0.5) is 17.1 Å². The molecule has 10 nitrogen and oxygen atoms in total. The standard InChI is InChI=1S/C22H25N3O7/c1-14-12-23(13-15(2)32-14)18-9-8-16(11-19(18)25(28)29)24-10-6-5-7-17(21(26)30-3)20(24)22(27)31-4/h5-11,14-15H,12-13H2,1-4H3. The number of nitro benzene ring substituents is 1. The van der Waals surface area contributed by atoms with Gasteiger partial charge in [0.25, 0.3) is 5.69 Å². The summed E-state index contributed by atoms with van der Waals surface area (Å²) in [5, 5.41) is 11.9. The van der Waals surface area contributed by atoms with Crippen molar-refractivity contribution in [3.63, 3.8) is 0 Å². The molecule has 1 aromatic carbocycles. The van der Waals surface area contributed by atoms with Crippen LogP contribution in [0.25, 0.3) is 0 Å². The van der Waals surface area contributed by atoms with Crippen LogP contribution in [0.2, 0.25) is 0 Å². The summed E-state index contributed by atoms with van der Waals surface area (Å²) in [6.45, 7) is 4.86. The Labute approximate surface area is 185 Å². The summed E-state index contributed by atoms with van der Waals surface area (Å²) in [4.78, 5) is 39.7. The van der Waals surface area contributed by atoms with Crippen molar-refractivity contribution in [1.82, 2.24) is 0 Å². The van der Waals surface area contributed by atoms with E-state index in [9.17, 15) is 19.7 Å². The van der Waals surface area contributed by atoms with E-state index in [1.807, 2.05) is 18.7 Å². The maximum absolute atomic E-state index is 12.6. The van der Waals surface area contributed by atoms with Crippen molar-refractivity contribution in [2.75, 3.05) is 37.1 Å². The summed E-state index contributed by atoms with van der Waals surface area (Å²) in [6, 6.07) is 4.66. The topological polar surface area (TPSA) is 111 Å². The van der Waals surface area contributed by atoms with E-state index in [-0.39, 0.29) is 29.2 Å². The number of morpholine rings is 1. The molecule has 0 amide bonds. The van der Waals surface area contributed by atoms with Gasteiger partial charge >= 0.3 is 11.9 Å². The van der Waals surface area contributed by atoms with Crippen molar-refractivity contribution in [3.05, 3.63) is 64.0 Å². The average Bonchev–Trinajstić information content (AvgIpc) is 3.00. The summed E-state index contributed by atoms with van der Waals surface area (Å²) in [5.41, 5.74) is 0.496. The number of ether oxygens (including phenoxy) is 3. The molecule has 170 valence electrons. The lowest BCUT2D eigenvalue weighted by Gasteiger charge is -2.36. The van der Waals surface area contributed by atoms with Gasteiger partial charge in [0.2, 0.25) is 0 Å². The van der Waals surface area contributed by atoms with Crippen molar-refractivity contribution in [2.24, 2.45) is 0 Å². The van der Waals surface area contributed by atoms with Crippen LogP contribution in [0, 0.1) is 10.1 Å². The number of rotatable bonds is 5. The van der Waals surface area contributed by atoms with Gasteiger partial charge < -0.3 is 24.0 Å². The zero-order valence-corrected chi connectivity index (χ0v) is 18.3. The number of nitrogens with zero attached hydrogens (tertiary/aromatic N) is 3. The molecule has 2 heterocycles. The second kappa shape index (κ2) is 9.65. The lowest BCUT2D eigenvalue weighted by atomic mass is 10.1. The number of methoxy groups -OCH3 is 2. The van der Waals surface area contributed by atoms with Gasteiger partial charge in [-0.1, -0.05) is 6.08 Å². The number of hydrogen-bond donors (Lipinski definition) is 0. The Hall–Kier alpha value is -3.66. The number of hydrogen-bond acceptors (Lipinski definition) is 9. The first-order valence-electron chi connectivity index (χ1n) is 10.0. The van der Waals surface area contributed by atoms with Gasteiger partial charge in [0.05, 0.1) is 42.6 Å². The quantitative estimate of drug-likeness (QED) is 0.385. The largest absolute Gasteiger partial charge is 0.465 e. The summed E-state index contributed by atoms with van der Waals surface area (Å²) >= 11 is 0. The van der Waals surface area contributed by atoms with Crippen molar-refractivity contribution < 1.29 is 28.7 Å². The van der Waals surface area contributed by atoms with Crippen LogP contribution in [0.3, 0.4) is 0 Å². The molecular formula is C22H25N3O7. The highest BCUT2D eigenvalue weighted by atomic mass is 16.6. The minimum absolute atomic E-state index is 0.0353. The predicted molar refractivity (Wildman–Crippen MR) is 117 cm³/mol. The normalized spacial score (nSPS) is 20.8. The Bertz CT molecular complexity index is 1000. The van der Waals surface area contributed by atoms with Gasteiger partial charge in [-0.15, -0.1) is 0 Å². The highest BCUT2D eigenvalue weighted by molar-refractivity contribution is 6.05. The molecule has 3 rings (SSSR count). The summed E-state index contributed by atoms with van der Waals surface area (Å²) in [7, 11) is 2.39. The molecule has 0 N–H and O–H groups in total. The minimum atomic E-state index is -0.788. The van der Waals surface area contributed by atoms with Gasteiger partial charge in [0, 0.05) is 25.4 Å². The van der Waals surface area contributed by atoms with Gasteiger partial charge in [-0.3, -0.25) is 10.1 Å². The summed E-state index contributed by atoms with van der Waals surface area (Å²) < 4.78 is 15.4. The summed E-state index contributed by atoms with van der Waals surface area (Å²) in [5.74, 6) is -1.53. The molecular weight excluding hydrogens is 418 g/mol. The first-order chi connectivity index (χ1) is 15.3. The smallest absolute Gasteiger partial charge is 0.355 e. The van der Waals surface area contributed by atoms with Crippen LogP contribution >= 0.6 is 0 Å².